The smallest absolute Gasteiger partial charge is 0.377 e. The Bertz CT molecular complexity index is 2000. The predicted octanol–water partition coefficient (Wildman–Crippen LogP) is 8.55. The van der Waals surface area contributed by atoms with E-state index in [0.29, 0.717) is 5.69 Å². The third-order valence-corrected chi connectivity index (χ3v) is 7.73. The van der Waals surface area contributed by atoms with Crippen LogP contribution in [0.3, 0.4) is 0 Å². The maximum absolute atomic E-state index is 13.3. The van der Waals surface area contributed by atoms with Crippen molar-refractivity contribution in [1.82, 2.24) is 0 Å². The number of amides is 1. The molecule has 2 heterocycles. The number of rotatable bonds is 8. The van der Waals surface area contributed by atoms with Gasteiger partial charge in [0.05, 0.1) is 12.6 Å². The molecule has 1 N–H and O–H groups in total. The van der Waals surface area contributed by atoms with E-state index in [1.165, 1.54) is 52.4 Å². The van der Waals surface area contributed by atoms with E-state index >= 15 is 0 Å². The molecular formula is C42H41ClF2N2O8. The lowest BCUT2D eigenvalue weighted by molar-refractivity contribution is -0.160. The minimum Gasteiger partial charge on any atom is -0.445 e. The lowest BCUT2D eigenvalue weighted by atomic mass is 10.1. The lowest BCUT2D eigenvalue weighted by Gasteiger charge is -2.22. The Balaban J connectivity index is 0.000000203. The number of anilines is 2. The van der Waals surface area contributed by atoms with Gasteiger partial charge in [-0.2, -0.15) is 0 Å². The fourth-order valence-corrected chi connectivity index (χ4v) is 5.04. The number of allylic oxidation sites excluding steroid dienone is 1. The number of aryl methyl sites for hydroxylation is 2. The van der Waals surface area contributed by atoms with Gasteiger partial charge in [-0.25, -0.2) is 18.4 Å². The van der Waals surface area contributed by atoms with E-state index in [0.717, 1.165) is 35.5 Å². The molecule has 2 aliphatic heterocycles. The molecule has 0 spiro atoms. The van der Waals surface area contributed by atoms with Gasteiger partial charge in [0.1, 0.15) is 11.6 Å². The molecule has 0 atom stereocenters. The monoisotopic (exact) mass is 774 g/mol. The highest BCUT2D eigenvalue weighted by Gasteiger charge is 2.39. The van der Waals surface area contributed by atoms with E-state index in [4.69, 9.17) is 30.5 Å². The third-order valence-electron chi connectivity index (χ3n) is 7.62. The maximum Gasteiger partial charge on any atom is 0.377 e. The summed E-state index contributed by atoms with van der Waals surface area (Å²) in [6.07, 6.45) is 1.99. The average Bonchev–Trinajstić information content (AvgIpc) is 3.54. The second-order valence-electron chi connectivity index (χ2n) is 13.3. The topological polar surface area (TPSA) is 120 Å². The van der Waals surface area contributed by atoms with Crippen LogP contribution >= 0.6 is 11.6 Å². The molecule has 288 valence electrons. The Morgan fingerprint density at radius 1 is 0.655 bits per heavy atom. The Morgan fingerprint density at radius 3 is 1.53 bits per heavy atom. The van der Waals surface area contributed by atoms with Crippen molar-refractivity contribution in [3.8, 4) is 0 Å². The molecule has 2 aliphatic rings. The van der Waals surface area contributed by atoms with Crippen LogP contribution in [-0.4, -0.2) is 34.7 Å². The van der Waals surface area contributed by atoms with Gasteiger partial charge in [-0.05, 0) is 85.1 Å². The first-order chi connectivity index (χ1) is 25.9. The highest BCUT2D eigenvalue weighted by atomic mass is 35.5. The number of nitrogens with one attached hydrogen (secondary N) is 1. The van der Waals surface area contributed by atoms with Crippen molar-refractivity contribution in [3.63, 3.8) is 0 Å². The zero-order valence-electron chi connectivity index (χ0n) is 31.2. The van der Waals surface area contributed by atoms with Crippen molar-refractivity contribution in [2.45, 2.75) is 66.2 Å². The summed E-state index contributed by atoms with van der Waals surface area (Å²) in [5.74, 6) is -4.86. The largest absolute Gasteiger partial charge is 0.445 e. The van der Waals surface area contributed by atoms with E-state index in [2.05, 4.69) is 36.5 Å². The molecule has 6 rings (SSSR count). The molecule has 13 heteroatoms. The molecule has 0 unspecified atom stereocenters. The zero-order valence-corrected chi connectivity index (χ0v) is 31.9. The summed E-state index contributed by atoms with van der Waals surface area (Å²) in [5, 5.41) is 2.48. The highest BCUT2D eigenvalue weighted by Crippen LogP contribution is 2.28. The van der Waals surface area contributed by atoms with E-state index in [9.17, 15) is 28.0 Å². The first-order valence-electron chi connectivity index (χ1n) is 17.0. The van der Waals surface area contributed by atoms with Crippen LogP contribution in [0.1, 0.15) is 49.9 Å². The van der Waals surface area contributed by atoms with Crippen LogP contribution in [0.15, 0.2) is 121 Å². The molecule has 2 fully saturated rings. The summed E-state index contributed by atoms with van der Waals surface area (Å²) >= 11 is 5.01. The summed E-state index contributed by atoms with van der Waals surface area (Å²) in [4.78, 5) is 47.5. The average molecular weight is 775 g/mol. The van der Waals surface area contributed by atoms with Crippen LogP contribution in [0.5, 0.6) is 0 Å². The molecule has 55 heavy (non-hydrogen) atoms. The fraction of sp³-hybridized carbons (Fsp3) is 0.238. The molecule has 2 saturated heterocycles. The number of carbonyl (C=O) groups is 4. The summed E-state index contributed by atoms with van der Waals surface area (Å²) in [6, 6.07) is 28.0. The molecule has 0 radical (unpaired) electrons. The fourth-order valence-electron chi connectivity index (χ4n) is 4.94. The van der Waals surface area contributed by atoms with Crippen molar-refractivity contribution < 1.29 is 46.9 Å². The van der Waals surface area contributed by atoms with E-state index in [-0.39, 0.29) is 23.9 Å². The normalized spacial score (nSPS) is 16.3. The number of nitrogens with zero attached hydrogens (tertiary/aromatic N) is 1. The summed E-state index contributed by atoms with van der Waals surface area (Å²) in [7, 11) is 0. The molecule has 10 nitrogen and oxygen atoms in total. The van der Waals surface area contributed by atoms with Gasteiger partial charge in [0.15, 0.2) is 0 Å². The van der Waals surface area contributed by atoms with Gasteiger partial charge in [-0.1, -0.05) is 59.7 Å². The molecule has 0 saturated carbocycles. The molecule has 0 aliphatic carbocycles. The van der Waals surface area contributed by atoms with Crippen molar-refractivity contribution >= 4 is 46.1 Å². The molecule has 1 amide bonds. The molecule has 0 aromatic heterocycles. The Morgan fingerprint density at radius 2 is 1.09 bits per heavy atom. The van der Waals surface area contributed by atoms with Gasteiger partial charge in [0.2, 0.25) is 28.3 Å². The Hall–Kier alpha value is -6.01. The van der Waals surface area contributed by atoms with E-state index in [1.807, 2.05) is 31.2 Å². The number of halogens is 3. The third kappa shape index (κ3) is 13.4. The number of hydrogen-bond acceptors (Lipinski definition) is 9. The van der Waals surface area contributed by atoms with Crippen LogP contribution < -0.4 is 10.2 Å². The van der Waals surface area contributed by atoms with Crippen LogP contribution in [0.25, 0.3) is 0 Å². The molecular weight excluding hydrogens is 734 g/mol. The van der Waals surface area contributed by atoms with Gasteiger partial charge in [-0.15, -0.1) is 0 Å². The number of cyclic esters (lactones) is 2. The number of esters is 2. The van der Waals surface area contributed by atoms with Crippen molar-refractivity contribution in [1.29, 1.82) is 0 Å². The zero-order chi connectivity index (χ0) is 40.3. The standard InChI is InChI=1S/C21H20FNO4.C14H14FN.C7H7ClO4/c1-14-4-6-15(7-5-14)13-23(17-10-8-16(22)9-11-17)19(24)12-18-20(25)27-21(2,3)26-18;1-11-2-4-12(5-3-11)10-16-14-8-6-13(15)7-9-14;1-7(2)11-4(3-5(8)9)6(10)12-7/h4-12H,13H2,1-3H3;2-9,16H,10H2,1H3;3H,1-2H3/b18-12-;;4-3-. The number of benzene rings is 4. The lowest BCUT2D eigenvalue weighted by Crippen LogP contribution is -2.29. The van der Waals surface area contributed by atoms with Crippen molar-refractivity contribution in [2.24, 2.45) is 0 Å². The Labute approximate surface area is 323 Å². The van der Waals surface area contributed by atoms with Gasteiger partial charge in [0, 0.05) is 51.7 Å². The first-order valence-corrected chi connectivity index (χ1v) is 17.4. The summed E-state index contributed by atoms with van der Waals surface area (Å²) in [6.45, 7) is 11.3. The molecule has 4 aromatic rings. The predicted molar refractivity (Wildman–Crippen MR) is 203 cm³/mol. The minimum atomic E-state index is -1.11. The second-order valence-corrected chi connectivity index (χ2v) is 13.7. The minimum absolute atomic E-state index is 0.152. The van der Waals surface area contributed by atoms with Crippen LogP contribution in [-0.2, 0) is 51.2 Å². The first kappa shape index (κ1) is 41.7. The van der Waals surface area contributed by atoms with Crippen LogP contribution in [0.4, 0.5) is 20.2 Å². The van der Waals surface area contributed by atoms with Gasteiger partial charge >= 0.3 is 11.9 Å². The quantitative estimate of drug-likeness (QED) is 0.107. The molecule has 4 aromatic carbocycles. The van der Waals surface area contributed by atoms with Crippen LogP contribution in [0.2, 0.25) is 0 Å². The highest BCUT2D eigenvalue weighted by molar-refractivity contribution is 6.66. The second kappa shape index (κ2) is 18.4. The van der Waals surface area contributed by atoms with Gasteiger partial charge in [-0.3, -0.25) is 9.59 Å². The Kier molecular flexibility index (Phi) is 13.9. The summed E-state index contributed by atoms with van der Waals surface area (Å²) in [5.41, 5.74) is 5.91. The van der Waals surface area contributed by atoms with Gasteiger partial charge < -0.3 is 29.2 Å². The number of carbonyl (C=O) groups excluding carboxylic acids is 4. The molecule has 0 bridgehead atoms. The van der Waals surface area contributed by atoms with E-state index < -0.39 is 40.5 Å². The van der Waals surface area contributed by atoms with Gasteiger partial charge in [0.25, 0.3) is 5.91 Å². The van der Waals surface area contributed by atoms with E-state index in [1.54, 1.807) is 39.8 Å². The van der Waals surface area contributed by atoms with Crippen molar-refractivity contribution in [3.05, 3.63) is 155 Å². The maximum atomic E-state index is 13.3. The number of ether oxygens (including phenoxy) is 4. The number of hydrogen-bond donors (Lipinski definition) is 1. The SMILES string of the molecule is CC1(C)OC(=O)/C(=C/C(=O)Cl)O1.Cc1ccc(CN(C(=O)/C=C2\OC(C)(C)OC2=O)c2ccc(F)cc2)cc1.Cc1ccc(CNc2ccc(F)cc2)cc1. The van der Waals surface area contributed by atoms with Crippen LogP contribution in [0, 0.1) is 25.5 Å². The van der Waals surface area contributed by atoms with Crippen molar-refractivity contribution in [2.75, 3.05) is 10.2 Å². The summed E-state index contributed by atoms with van der Waals surface area (Å²) < 4.78 is 46.1.